The van der Waals surface area contributed by atoms with E-state index in [0.717, 1.165) is 35.4 Å². The number of anilines is 1. The minimum Gasteiger partial charge on any atom is -0.379 e. The Bertz CT molecular complexity index is 1140. The molecular formula is C22H24FN3O4S2. The molecule has 10 heteroatoms. The van der Waals surface area contributed by atoms with Crippen LogP contribution in [0.5, 0.6) is 0 Å². The van der Waals surface area contributed by atoms with E-state index in [1.54, 1.807) is 4.90 Å². The number of sulfone groups is 1. The van der Waals surface area contributed by atoms with Gasteiger partial charge in [0.2, 0.25) is 5.91 Å². The number of aromatic nitrogens is 1. The molecule has 2 heterocycles. The van der Waals surface area contributed by atoms with Crippen molar-refractivity contribution >= 4 is 42.4 Å². The van der Waals surface area contributed by atoms with E-state index < -0.39 is 15.7 Å². The summed E-state index contributed by atoms with van der Waals surface area (Å²) in [5, 5.41) is 0.559. The van der Waals surface area contributed by atoms with Crippen molar-refractivity contribution in [2.75, 3.05) is 50.0 Å². The first kappa shape index (κ1) is 22.8. The predicted octanol–water partition coefficient (Wildman–Crippen LogP) is 2.96. The molecule has 170 valence electrons. The lowest BCUT2D eigenvalue weighted by atomic mass is 10.3. The Morgan fingerprint density at radius 2 is 1.84 bits per heavy atom. The number of para-hydroxylation sites is 1. The van der Waals surface area contributed by atoms with E-state index in [0.29, 0.717) is 31.4 Å². The topological polar surface area (TPSA) is 79.8 Å². The van der Waals surface area contributed by atoms with Crippen molar-refractivity contribution in [2.45, 2.75) is 11.3 Å². The van der Waals surface area contributed by atoms with Gasteiger partial charge in [-0.05, 0) is 36.4 Å². The molecule has 1 aromatic heterocycles. The van der Waals surface area contributed by atoms with Crippen LogP contribution in [0.4, 0.5) is 9.52 Å². The molecule has 0 radical (unpaired) electrons. The molecule has 32 heavy (non-hydrogen) atoms. The highest BCUT2D eigenvalue weighted by Gasteiger charge is 2.24. The van der Waals surface area contributed by atoms with Crippen LogP contribution in [-0.2, 0) is 19.4 Å². The summed E-state index contributed by atoms with van der Waals surface area (Å²) in [5.41, 5.74) is 0.801. The first-order valence-electron chi connectivity index (χ1n) is 10.4. The molecule has 0 aliphatic carbocycles. The number of thiazole rings is 1. The lowest BCUT2D eigenvalue weighted by molar-refractivity contribution is -0.118. The van der Waals surface area contributed by atoms with E-state index in [1.807, 2.05) is 24.3 Å². The molecule has 7 nitrogen and oxygen atoms in total. The van der Waals surface area contributed by atoms with Crippen molar-refractivity contribution in [3.8, 4) is 0 Å². The largest absolute Gasteiger partial charge is 0.379 e. The molecule has 0 unspecified atom stereocenters. The summed E-state index contributed by atoms with van der Waals surface area (Å²) in [6, 6.07) is 12.3. The summed E-state index contributed by atoms with van der Waals surface area (Å²) in [4.78, 5) is 21.6. The highest BCUT2D eigenvalue weighted by molar-refractivity contribution is 7.91. The number of morpholine rings is 1. The third kappa shape index (κ3) is 5.50. The number of rotatable bonds is 8. The molecule has 1 fully saturated rings. The second-order valence-electron chi connectivity index (χ2n) is 7.49. The van der Waals surface area contributed by atoms with Crippen molar-refractivity contribution in [3.63, 3.8) is 0 Å². The van der Waals surface area contributed by atoms with Gasteiger partial charge in [-0.3, -0.25) is 14.6 Å². The molecule has 3 aromatic rings. The van der Waals surface area contributed by atoms with Gasteiger partial charge in [-0.2, -0.15) is 0 Å². The summed E-state index contributed by atoms with van der Waals surface area (Å²) in [6.07, 6.45) is -0.182. The highest BCUT2D eigenvalue weighted by Crippen LogP contribution is 2.29. The van der Waals surface area contributed by atoms with E-state index in [4.69, 9.17) is 4.74 Å². The van der Waals surface area contributed by atoms with Gasteiger partial charge in [0.25, 0.3) is 0 Å². The first-order chi connectivity index (χ1) is 15.4. The number of halogens is 1. The highest BCUT2D eigenvalue weighted by atomic mass is 32.2. The average Bonchev–Trinajstić information content (AvgIpc) is 3.23. The quantitative estimate of drug-likeness (QED) is 0.464. The van der Waals surface area contributed by atoms with Crippen molar-refractivity contribution in [1.29, 1.82) is 0 Å². The Kier molecular flexibility index (Phi) is 7.14. The summed E-state index contributed by atoms with van der Waals surface area (Å²) in [6.45, 7) is 3.96. The normalized spacial score (nSPS) is 15.2. The van der Waals surface area contributed by atoms with Crippen LogP contribution in [0, 0.1) is 5.82 Å². The maximum Gasteiger partial charge on any atom is 0.229 e. The van der Waals surface area contributed by atoms with Crippen LogP contribution in [0.2, 0.25) is 0 Å². The van der Waals surface area contributed by atoms with E-state index in [9.17, 15) is 17.6 Å². The van der Waals surface area contributed by atoms with Gasteiger partial charge < -0.3 is 4.74 Å². The summed E-state index contributed by atoms with van der Waals surface area (Å²) >= 11 is 1.41. The monoisotopic (exact) mass is 477 g/mol. The van der Waals surface area contributed by atoms with Crippen molar-refractivity contribution in [1.82, 2.24) is 9.88 Å². The predicted molar refractivity (Wildman–Crippen MR) is 122 cm³/mol. The number of carbonyl (C=O) groups is 1. The Balaban J connectivity index is 1.50. The molecule has 0 bridgehead atoms. The number of fused-ring (bicyclic) bond motifs is 1. The minimum absolute atomic E-state index is 0.00607. The van der Waals surface area contributed by atoms with Gasteiger partial charge in [-0.15, -0.1) is 0 Å². The van der Waals surface area contributed by atoms with E-state index in [-0.39, 0.29) is 23.0 Å². The minimum atomic E-state index is -3.71. The molecule has 0 spiro atoms. The van der Waals surface area contributed by atoms with Gasteiger partial charge in [0.15, 0.2) is 15.0 Å². The van der Waals surface area contributed by atoms with Crippen molar-refractivity contribution < 1.29 is 22.3 Å². The number of ether oxygens (including phenoxy) is 1. The van der Waals surface area contributed by atoms with E-state index >= 15 is 0 Å². The second kappa shape index (κ2) is 10.0. The van der Waals surface area contributed by atoms with Gasteiger partial charge in [0, 0.05) is 32.6 Å². The maximum atomic E-state index is 13.2. The average molecular weight is 478 g/mol. The van der Waals surface area contributed by atoms with E-state index in [2.05, 4.69) is 9.88 Å². The summed E-state index contributed by atoms with van der Waals surface area (Å²) < 4.78 is 44.7. The third-order valence-electron chi connectivity index (χ3n) is 5.32. The van der Waals surface area contributed by atoms with Crippen molar-refractivity contribution in [2.24, 2.45) is 0 Å². The maximum absolute atomic E-state index is 13.2. The van der Waals surface area contributed by atoms with E-state index in [1.165, 1.54) is 23.5 Å². The fraction of sp³-hybridized carbons (Fsp3) is 0.364. The molecule has 1 saturated heterocycles. The Labute approximate surface area is 190 Å². The van der Waals surface area contributed by atoms with Crippen LogP contribution in [0.1, 0.15) is 6.42 Å². The van der Waals surface area contributed by atoms with Gasteiger partial charge in [-0.25, -0.2) is 17.8 Å². The van der Waals surface area contributed by atoms with Crippen LogP contribution in [0.3, 0.4) is 0 Å². The standard InChI is InChI=1S/C22H24FN3O4S2/c23-17-5-7-18(8-6-17)32(28,29)16-9-21(27)26(11-10-25-12-14-30-15-13-25)22-24-19-3-1-2-4-20(19)31-22/h1-8H,9-16H2. The fourth-order valence-corrected chi connectivity index (χ4v) is 5.72. The smallest absolute Gasteiger partial charge is 0.229 e. The molecule has 2 aromatic carbocycles. The van der Waals surface area contributed by atoms with Crippen LogP contribution >= 0.6 is 11.3 Å². The first-order valence-corrected chi connectivity index (χ1v) is 12.8. The van der Waals surface area contributed by atoms with Crippen molar-refractivity contribution in [3.05, 3.63) is 54.3 Å². The Morgan fingerprint density at radius 3 is 2.56 bits per heavy atom. The molecule has 0 N–H and O–H groups in total. The van der Waals surface area contributed by atoms with Crippen LogP contribution in [0.25, 0.3) is 10.2 Å². The molecule has 1 aliphatic heterocycles. The summed E-state index contributed by atoms with van der Waals surface area (Å²) in [5.74, 6) is -1.16. The Morgan fingerprint density at radius 1 is 1.12 bits per heavy atom. The zero-order chi connectivity index (χ0) is 22.6. The molecule has 1 aliphatic rings. The van der Waals surface area contributed by atoms with Crippen LogP contribution in [-0.4, -0.2) is 69.4 Å². The second-order valence-corrected chi connectivity index (χ2v) is 10.6. The number of hydrogen-bond acceptors (Lipinski definition) is 7. The van der Waals surface area contributed by atoms with Crippen LogP contribution < -0.4 is 4.90 Å². The molecule has 0 atom stereocenters. The zero-order valence-corrected chi connectivity index (χ0v) is 19.1. The number of amides is 1. The fourth-order valence-electron chi connectivity index (χ4n) is 3.49. The molecular weight excluding hydrogens is 453 g/mol. The number of nitrogens with zero attached hydrogens (tertiary/aromatic N) is 3. The van der Waals surface area contributed by atoms with Gasteiger partial charge >= 0.3 is 0 Å². The van der Waals surface area contributed by atoms with Gasteiger partial charge in [0.1, 0.15) is 5.82 Å². The van der Waals surface area contributed by atoms with Gasteiger partial charge in [0.05, 0.1) is 34.1 Å². The lowest BCUT2D eigenvalue weighted by Crippen LogP contribution is -2.43. The SMILES string of the molecule is O=C(CCS(=O)(=O)c1ccc(F)cc1)N(CCN1CCOCC1)c1nc2ccccc2s1. The molecule has 4 rings (SSSR count). The lowest BCUT2D eigenvalue weighted by Gasteiger charge is -2.29. The number of carbonyl (C=O) groups excluding carboxylic acids is 1. The van der Waals surface area contributed by atoms with Gasteiger partial charge in [-0.1, -0.05) is 23.5 Å². The summed E-state index contributed by atoms with van der Waals surface area (Å²) in [7, 11) is -3.71. The van der Waals surface area contributed by atoms with Crippen LogP contribution in [0.15, 0.2) is 53.4 Å². The number of hydrogen-bond donors (Lipinski definition) is 0. The third-order valence-corrected chi connectivity index (χ3v) is 8.11. The molecule has 0 saturated carbocycles. The zero-order valence-electron chi connectivity index (χ0n) is 17.4. The Hall–Kier alpha value is -2.40. The number of benzene rings is 2. The molecule has 1 amide bonds.